The number of aromatic amines is 1. The second-order valence-corrected chi connectivity index (χ2v) is 8.97. The van der Waals surface area contributed by atoms with E-state index < -0.39 is 5.60 Å². The second-order valence-electron chi connectivity index (χ2n) is 8.97. The summed E-state index contributed by atoms with van der Waals surface area (Å²) in [6, 6.07) is 5.85. The van der Waals surface area contributed by atoms with Gasteiger partial charge in [0.1, 0.15) is 17.0 Å². The number of nitrogens with one attached hydrogen (secondary N) is 2. The van der Waals surface area contributed by atoms with Crippen LogP contribution in [0.3, 0.4) is 0 Å². The summed E-state index contributed by atoms with van der Waals surface area (Å²) in [6.45, 7) is 8.06. The Morgan fingerprint density at radius 3 is 2.64 bits per heavy atom. The fourth-order valence-corrected chi connectivity index (χ4v) is 4.36. The van der Waals surface area contributed by atoms with E-state index in [1.807, 2.05) is 59.1 Å². The van der Waals surface area contributed by atoms with Gasteiger partial charge in [0.2, 0.25) is 5.95 Å². The molecule has 0 aliphatic rings. The molecule has 0 fully saturated rings. The quantitative estimate of drug-likeness (QED) is 0.365. The molecule has 0 bridgehead atoms. The number of aryl methyl sites for hydroxylation is 1. The van der Waals surface area contributed by atoms with Crippen LogP contribution < -0.4 is 5.32 Å². The van der Waals surface area contributed by atoms with Gasteiger partial charge in [0.25, 0.3) is 0 Å². The lowest BCUT2D eigenvalue weighted by molar-refractivity contribution is -0.0556. The topological polar surface area (TPSA) is 122 Å². The molecule has 5 aromatic rings. The maximum absolute atomic E-state index is 11.4. The lowest BCUT2D eigenvalue weighted by Crippen LogP contribution is -2.38. The average molecular weight is 446 g/mol. The van der Waals surface area contributed by atoms with Gasteiger partial charge in [0, 0.05) is 42.3 Å². The summed E-state index contributed by atoms with van der Waals surface area (Å²) in [5.41, 5.74) is 3.51. The first kappa shape index (κ1) is 21.1. The molecule has 4 aromatic heterocycles. The highest BCUT2D eigenvalue weighted by molar-refractivity contribution is 5.86. The van der Waals surface area contributed by atoms with Crippen LogP contribution in [0.1, 0.15) is 33.4 Å². The molecule has 5 rings (SSSR count). The number of aliphatic hydroxyl groups is 1. The molecule has 1 aromatic carbocycles. The molecule has 0 unspecified atom stereocenters. The SMILES string of the molecule is CC(C)C(O)(c1n[nH]c2cc(Nc3nc4c(-c5cnn(C)c5)nccn4n3)ccc12)C(C)C. The van der Waals surface area contributed by atoms with Gasteiger partial charge in [-0.2, -0.15) is 15.2 Å². The smallest absolute Gasteiger partial charge is 0.247 e. The van der Waals surface area contributed by atoms with Gasteiger partial charge in [-0.05, 0) is 30.0 Å². The molecule has 3 N–H and O–H groups in total. The number of hydrogen-bond acceptors (Lipinski definition) is 7. The third kappa shape index (κ3) is 3.43. The molecule has 0 saturated carbocycles. The number of benzene rings is 1. The van der Waals surface area contributed by atoms with E-state index in [0.717, 1.165) is 22.2 Å². The van der Waals surface area contributed by atoms with Gasteiger partial charge in [0.15, 0.2) is 5.65 Å². The van der Waals surface area contributed by atoms with Gasteiger partial charge < -0.3 is 10.4 Å². The maximum Gasteiger partial charge on any atom is 0.247 e. The van der Waals surface area contributed by atoms with Crippen LogP contribution in [0.5, 0.6) is 0 Å². The van der Waals surface area contributed by atoms with Crippen molar-refractivity contribution in [2.75, 3.05) is 5.32 Å². The van der Waals surface area contributed by atoms with Crippen LogP contribution in [0.15, 0.2) is 43.0 Å². The molecule has 10 nitrogen and oxygen atoms in total. The molecular formula is C23H27N9O. The van der Waals surface area contributed by atoms with Gasteiger partial charge >= 0.3 is 0 Å². The van der Waals surface area contributed by atoms with Crippen LogP contribution in [0.2, 0.25) is 0 Å². The van der Waals surface area contributed by atoms with Crippen LogP contribution in [0.4, 0.5) is 11.6 Å². The summed E-state index contributed by atoms with van der Waals surface area (Å²) in [4.78, 5) is 9.10. The molecule has 0 atom stereocenters. The number of hydrogen-bond donors (Lipinski definition) is 3. The molecule has 0 aliphatic carbocycles. The first-order valence-electron chi connectivity index (χ1n) is 11.0. The summed E-state index contributed by atoms with van der Waals surface area (Å²) in [5, 5.41) is 31.9. The Kier molecular flexibility index (Phi) is 4.89. The monoisotopic (exact) mass is 445 g/mol. The molecule has 0 amide bonds. The molecule has 0 aliphatic heterocycles. The minimum atomic E-state index is -1.02. The van der Waals surface area contributed by atoms with Crippen molar-refractivity contribution in [3.63, 3.8) is 0 Å². The number of aromatic nitrogens is 8. The number of anilines is 2. The molecule has 0 saturated heterocycles. The van der Waals surface area contributed by atoms with Crippen molar-refractivity contribution in [2.24, 2.45) is 18.9 Å². The first-order valence-corrected chi connectivity index (χ1v) is 11.0. The van der Waals surface area contributed by atoms with Crippen molar-refractivity contribution in [2.45, 2.75) is 33.3 Å². The van der Waals surface area contributed by atoms with Crippen LogP contribution in [0, 0.1) is 11.8 Å². The van der Waals surface area contributed by atoms with E-state index in [-0.39, 0.29) is 11.8 Å². The number of fused-ring (bicyclic) bond motifs is 2. The maximum atomic E-state index is 11.4. The van der Waals surface area contributed by atoms with E-state index in [9.17, 15) is 5.11 Å². The average Bonchev–Trinajstić information content (AvgIpc) is 3.50. The Hall–Kier alpha value is -3.79. The molecule has 4 heterocycles. The van der Waals surface area contributed by atoms with Crippen LogP contribution >= 0.6 is 0 Å². The van der Waals surface area contributed by atoms with Crippen molar-refractivity contribution >= 4 is 28.2 Å². The molecule has 0 spiro atoms. The van der Waals surface area contributed by atoms with Crippen molar-refractivity contribution < 1.29 is 5.11 Å². The van der Waals surface area contributed by atoms with Gasteiger partial charge in [-0.3, -0.25) is 14.8 Å². The fourth-order valence-electron chi connectivity index (χ4n) is 4.36. The lowest BCUT2D eigenvalue weighted by Gasteiger charge is -2.34. The predicted octanol–water partition coefficient (Wildman–Crippen LogP) is 3.64. The first-order chi connectivity index (χ1) is 15.8. The zero-order valence-electron chi connectivity index (χ0n) is 19.3. The number of rotatable bonds is 6. The summed E-state index contributed by atoms with van der Waals surface area (Å²) < 4.78 is 3.42. The highest BCUT2D eigenvalue weighted by Gasteiger charge is 2.40. The van der Waals surface area contributed by atoms with Crippen molar-refractivity contribution in [1.82, 2.24) is 39.6 Å². The number of nitrogens with zero attached hydrogens (tertiary/aromatic N) is 7. The fraction of sp³-hybridized carbons (Fsp3) is 0.348. The van der Waals surface area contributed by atoms with E-state index in [1.54, 1.807) is 27.8 Å². The van der Waals surface area contributed by atoms with Crippen molar-refractivity contribution in [3.8, 4) is 11.3 Å². The van der Waals surface area contributed by atoms with Gasteiger partial charge in [-0.25, -0.2) is 4.52 Å². The summed E-state index contributed by atoms with van der Waals surface area (Å²) in [7, 11) is 1.86. The van der Waals surface area contributed by atoms with Gasteiger partial charge in [-0.15, -0.1) is 5.10 Å². The summed E-state index contributed by atoms with van der Waals surface area (Å²) >= 11 is 0. The zero-order chi connectivity index (χ0) is 23.3. The Bertz CT molecular complexity index is 1430. The Balaban J connectivity index is 1.49. The summed E-state index contributed by atoms with van der Waals surface area (Å²) in [5.74, 6) is 0.492. The van der Waals surface area contributed by atoms with E-state index in [4.69, 9.17) is 0 Å². The minimum absolute atomic E-state index is 0.0200. The summed E-state index contributed by atoms with van der Waals surface area (Å²) in [6.07, 6.45) is 7.10. The van der Waals surface area contributed by atoms with E-state index in [1.165, 1.54) is 0 Å². The molecule has 10 heteroatoms. The van der Waals surface area contributed by atoms with Crippen molar-refractivity contribution in [3.05, 3.63) is 48.7 Å². The highest BCUT2D eigenvalue weighted by atomic mass is 16.3. The lowest BCUT2D eigenvalue weighted by atomic mass is 9.77. The Morgan fingerprint density at radius 2 is 1.94 bits per heavy atom. The Morgan fingerprint density at radius 1 is 1.15 bits per heavy atom. The van der Waals surface area contributed by atoms with Gasteiger partial charge in [-0.1, -0.05) is 27.7 Å². The van der Waals surface area contributed by atoms with Crippen LogP contribution in [-0.2, 0) is 12.6 Å². The van der Waals surface area contributed by atoms with Crippen molar-refractivity contribution in [1.29, 1.82) is 0 Å². The second kappa shape index (κ2) is 7.66. The van der Waals surface area contributed by atoms with Gasteiger partial charge in [0.05, 0.1) is 11.7 Å². The Labute approximate surface area is 190 Å². The third-order valence-electron chi connectivity index (χ3n) is 6.19. The van der Waals surface area contributed by atoms with Crippen LogP contribution in [-0.4, -0.2) is 44.7 Å². The minimum Gasteiger partial charge on any atom is -0.383 e. The predicted molar refractivity (Wildman–Crippen MR) is 126 cm³/mol. The van der Waals surface area contributed by atoms with E-state index >= 15 is 0 Å². The molecule has 0 radical (unpaired) electrons. The van der Waals surface area contributed by atoms with E-state index in [0.29, 0.717) is 23.0 Å². The molecular weight excluding hydrogens is 418 g/mol. The van der Waals surface area contributed by atoms with E-state index in [2.05, 4.69) is 35.7 Å². The standard InChI is InChI=1S/C23H27N9O/c1-13(2)23(33,14(3)4)20-17-7-6-16(10-18(17)28-29-20)26-22-27-21-19(15-11-25-31(5)12-15)24-8-9-32(21)30-22/h6-14,33H,1-5H3,(H,26,30)(H,28,29). The molecule has 170 valence electrons. The normalized spacial score (nSPS) is 12.5. The third-order valence-corrected chi connectivity index (χ3v) is 6.19. The zero-order valence-corrected chi connectivity index (χ0v) is 19.3. The molecule has 33 heavy (non-hydrogen) atoms. The number of H-pyrrole nitrogens is 1. The van der Waals surface area contributed by atoms with Crippen LogP contribution in [0.25, 0.3) is 27.8 Å². The highest BCUT2D eigenvalue weighted by Crippen LogP contribution is 2.39. The largest absolute Gasteiger partial charge is 0.383 e.